The number of ether oxygens (including phenoxy) is 2. The van der Waals surface area contributed by atoms with Gasteiger partial charge in [-0.2, -0.15) is 0 Å². The van der Waals surface area contributed by atoms with E-state index in [0.29, 0.717) is 29.7 Å². The van der Waals surface area contributed by atoms with Crippen molar-refractivity contribution in [3.05, 3.63) is 35.4 Å². The van der Waals surface area contributed by atoms with E-state index in [1.807, 2.05) is 13.0 Å². The van der Waals surface area contributed by atoms with Gasteiger partial charge in [0.15, 0.2) is 11.5 Å². The molecule has 6 nitrogen and oxygen atoms in total. The summed E-state index contributed by atoms with van der Waals surface area (Å²) in [4.78, 5) is 0. The molecule has 1 aromatic carbocycles. The Morgan fingerprint density at radius 2 is 2.00 bits per heavy atom. The summed E-state index contributed by atoms with van der Waals surface area (Å²) in [5.41, 5.74) is 3.99. The average molecular weight is 283 g/mol. The van der Waals surface area contributed by atoms with Crippen molar-refractivity contribution >= 4 is 11.6 Å². The highest BCUT2D eigenvalue weighted by Crippen LogP contribution is 2.33. The Kier molecular flexibility index (Phi) is 4.46. The molecule has 1 N–H and O–H groups in total. The van der Waals surface area contributed by atoms with Gasteiger partial charge in [-0.05, 0) is 18.6 Å². The maximum Gasteiger partial charge on any atom is 0.162 e. The Balaban J connectivity index is 2.16. The van der Waals surface area contributed by atoms with Crippen molar-refractivity contribution in [1.82, 2.24) is 14.9 Å². The van der Waals surface area contributed by atoms with Crippen molar-refractivity contribution in [3.8, 4) is 11.5 Å². The van der Waals surface area contributed by atoms with Crippen LogP contribution in [0.3, 0.4) is 0 Å². The van der Waals surface area contributed by atoms with Gasteiger partial charge in [0.25, 0.3) is 0 Å². The predicted molar refractivity (Wildman–Crippen MR) is 72.3 cm³/mol. The quantitative estimate of drug-likeness (QED) is 0.879. The summed E-state index contributed by atoms with van der Waals surface area (Å²) in [5.74, 6) is 1.30. The van der Waals surface area contributed by atoms with E-state index in [1.54, 1.807) is 30.5 Å². The predicted octanol–water partition coefficient (Wildman–Crippen LogP) is 2.08. The van der Waals surface area contributed by atoms with Crippen LogP contribution in [0.15, 0.2) is 24.8 Å². The average Bonchev–Trinajstić information content (AvgIpc) is 2.91. The van der Waals surface area contributed by atoms with Crippen LogP contribution < -0.4 is 14.9 Å². The van der Waals surface area contributed by atoms with E-state index in [9.17, 15) is 0 Å². The van der Waals surface area contributed by atoms with Gasteiger partial charge >= 0.3 is 0 Å². The lowest BCUT2D eigenvalue weighted by molar-refractivity contribution is 0.310. The molecule has 0 unspecified atom stereocenters. The molecule has 2 rings (SSSR count). The molecule has 0 bridgehead atoms. The Morgan fingerprint density at radius 1 is 1.26 bits per heavy atom. The number of methoxy groups -OCH3 is 1. The molecular weight excluding hydrogens is 268 g/mol. The molecule has 1 heterocycles. The van der Waals surface area contributed by atoms with E-state index in [-0.39, 0.29) is 0 Å². The third-order valence-corrected chi connectivity index (χ3v) is 2.86. The van der Waals surface area contributed by atoms with Crippen LogP contribution in [0.2, 0.25) is 5.02 Å². The van der Waals surface area contributed by atoms with Gasteiger partial charge in [-0.1, -0.05) is 11.6 Å². The number of rotatable bonds is 6. The standard InChI is InChI=1S/C12H15ClN4O2/c1-3-19-12-5-10(13)9(4-11(12)18-2)6-16-17-7-14-15-8-17/h4-5,7-8,16H,3,6H2,1-2H3. The molecule has 0 amide bonds. The fourth-order valence-electron chi connectivity index (χ4n) is 1.60. The molecule has 0 aliphatic carbocycles. The summed E-state index contributed by atoms with van der Waals surface area (Å²) in [6.45, 7) is 3.00. The van der Waals surface area contributed by atoms with Crippen LogP contribution in [-0.4, -0.2) is 28.6 Å². The van der Waals surface area contributed by atoms with Crippen LogP contribution in [0.5, 0.6) is 11.5 Å². The summed E-state index contributed by atoms with van der Waals surface area (Å²) in [6.07, 6.45) is 3.14. The summed E-state index contributed by atoms with van der Waals surface area (Å²) >= 11 is 6.22. The van der Waals surface area contributed by atoms with E-state index >= 15 is 0 Å². The largest absolute Gasteiger partial charge is 0.493 e. The van der Waals surface area contributed by atoms with Gasteiger partial charge in [-0.25, -0.2) is 4.68 Å². The van der Waals surface area contributed by atoms with Crippen molar-refractivity contribution in [2.75, 3.05) is 19.1 Å². The molecular formula is C12H15ClN4O2. The van der Waals surface area contributed by atoms with Crippen LogP contribution in [0.1, 0.15) is 12.5 Å². The summed E-state index contributed by atoms with van der Waals surface area (Å²) in [5, 5.41) is 8.02. The van der Waals surface area contributed by atoms with E-state index in [2.05, 4.69) is 15.6 Å². The minimum Gasteiger partial charge on any atom is -0.493 e. The molecule has 0 spiro atoms. The van der Waals surface area contributed by atoms with E-state index in [4.69, 9.17) is 21.1 Å². The molecule has 0 aliphatic heterocycles. The highest BCUT2D eigenvalue weighted by atomic mass is 35.5. The summed E-state index contributed by atoms with van der Waals surface area (Å²) < 4.78 is 12.4. The van der Waals surface area contributed by atoms with E-state index < -0.39 is 0 Å². The first-order chi connectivity index (χ1) is 9.24. The number of benzene rings is 1. The van der Waals surface area contributed by atoms with Crippen molar-refractivity contribution < 1.29 is 9.47 Å². The first-order valence-electron chi connectivity index (χ1n) is 5.82. The summed E-state index contributed by atoms with van der Waals surface area (Å²) in [6, 6.07) is 3.61. The fourth-order valence-corrected chi connectivity index (χ4v) is 1.82. The highest BCUT2D eigenvalue weighted by molar-refractivity contribution is 6.31. The Labute approximate surface area is 116 Å². The van der Waals surface area contributed by atoms with Crippen LogP contribution in [0, 0.1) is 0 Å². The lowest BCUT2D eigenvalue weighted by atomic mass is 10.2. The van der Waals surface area contributed by atoms with Crippen molar-refractivity contribution in [2.24, 2.45) is 0 Å². The second-order valence-electron chi connectivity index (χ2n) is 3.73. The molecule has 102 valence electrons. The van der Waals surface area contributed by atoms with Crippen LogP contribution >= 0.6 is 11.6 Å². The zero-order valence-electron chi connectivity index (χ0n) is 10.8. The smallest absolute Gasteiger partial charge is 0.162 e. The molecule has 19 heavy (non-hydrogen) atoms. The summed E-state index contributed by atoms with van der Waals surface area (Å²) in [7, 11) is 1.60. The lowest BCUT2D eigenvalue weighted by Crippen LogP contribution is -2.12. The number of halogens is 1. The van der Waals surface area contributed by atoms with Crippen molar-refractivity contribution in [1.29, 1.82) is 0 Å². The van der Waals surface area contributed by atoms with Gasteiger partial charge in [0, 0.05) is 11.1 Å². The molecule has 0 saturated heterocycles. The molecule has 1 aromatic heterocycles. The molecule has 0 aliphatic rings. The normalized spacial score (nSPS) is 10.3. The fraction of sp³-hybridized carbons (Fsp3) is 0.333. The van der Waals surface area contributed by atoms with E-state index in [0.717, 1.165) is 5.56 Å². The topological polar surface area (TPSA) is 61.2 Å². The van der Waals surface area contributed by atoms with Gasteiger partial charge in [-0.3, -0.25) is 0 Å². The van der Waals surface area contributed by atoms with Gasteiger partial charge < -0.3 is 14.9 Å². The maximum absolute atomic E-state index is 6.22. The zero-order valence-corrected chi connectivity index (χ0v) is 11.5. The SMILES string of the molecule is CCOc1cc(Cl)c(CNn2cnnc2)cc1OC. The van der Waals surface area contributed by atoms with Gasteiger partial charge in [0.05, 0.1) is 20.3 Å². The molecule has 2 aromatic rings. The number of nitrogens with zero attached hydrogens (tertiary/aromatic N) is 3. The number of nitrogens with one attached hydrogen (secondary N) is 1. The first-order valence-corrected chi connectivity index (χ1v) is 6.20. The van der Waals surface area contributed by atoms with Crippen LogP contribution in [-0.2, 0) is 6.54 Å². The lowest BCUT2D eigenvalue weighted by Gasteiger charge is -2.13. The zero-order chi connectivity index (χ0) is 13.7. The Hall–Kier alpha value is -1.95. The molecule has 0 fully saturated rings. The Morgan fingerprint density at radius 3 is 2.63 bits per heavy atom. The minimum atomic E-state index is 0.527. The molecule has 0 atom stereocenters. The van der Waals surface area contributed by atoms with Crippen molar-refractivity contribution in [2.45, 2.75) is 13.5 Å². The minimum absolute atomic E-state index is 0.527. The van der Waals surface area contributed by atoms with Crippen molar-refractivity contribution in [3.63, 3.8) is 0 Å². The van der Waals surface area contributed by atoms with Crippen LogP contribution in [0.4, 0.5) is 0 Å². The maximum atomic E-state index is 6.22. The van der Waals surface area contributed by atoms with Gasteiger partial charge in [-0.15, -0.1) is 10.2 Å². The van der Waals surface area contributed by atoms with Gasteiger partial charge in [0.2, 0.25) is 0 Å². The molecule has 0 saturated carbocycles. The third kappa shape index (κ3) is 3.29. The third-order valence-electron chi connectivity index (χ3n) is 2.50. The number of aromatic nitrogens is 3. The van der Waals surface area contributed by atoms with Crippen LogP contribution in [0.25, 0.3) is 0 Å². The van der Waals surface area contributed by atoms with Gasteiger partial charge in [0.1, 0.15) is 12.7 Å². The Bertz CT molecular complexity index is 531. The highest BCUT2D eigenvalue weighted by Gasteiger charge is 2.10. The molecule has 0 radical (unpaired) electrons. The number of hydrogen-bond acceptors (Lipinski definition) is 5. The monoisotopic (exact) mass is 282 g/mol. The molecule has 7 heteroatoms. The first kappa shape index (κ1) is 13.5. The number of hydrogen-bond donors (Lipinski definition) is 1. The van der Waals surface area contributed by atoms with E-state index in [1.165, 1.54) is 0 Å². The second kappa shape index (κ2) is 6.29. The second-order valence-corrected chi connectivity index (χ2v) is 4.14.